The van der Waals surface area contributed by atoms with Crippen molar-refractivity contribution in [3.05, 3.63) is 180 Å². The summed E-state index contributed by atoms with van der Waals surface area (Å²) >= 11 is 0. The molecule has 1 N–H and O–H groups in total. The number of para-hydroxylation sites is 3. The molecular weight excluding hydrogens is 859 g/mol. The molecule has 3 aliphatic rings. The molecule has 340 valence electrons. The minimum Gasteiger partial charge on any atom is -0.497 e. The van der Waals surface area contributed by atoms with E-state index in [-0.39, 0.29) is 48.4 Å². The molecule has 1 aromatic heterocycles. The number of amides is 2. The quantitative estimate of drug-likeness (QED) is 0.113. The van der Waals surface area contributed by atoms with Gasteiger partial charge >= 0.3 is 0 Å². The van der Waals surface area contributed by atoms with Gasteiger partial charge in [-0.15, -0.1) is 5.10 Å². The number of hydrogen-bond donors (Lipinski definition) is 1. The number of methoxy groups -OCH3 is 2. The maximum atomic E-state index is 15.8. The molecule has 3 aliphatic heterocycles. The maximum absolute atomic E-state index is 15.8. The molecular formula is C54H53N5O7Si. The van der Waals surface area contributed by atoms with Crippen molar-refractivity contribution in [3.8, 4) is 23.0 Å². The zero-order valence-electron chi connectivity index (χ0n) is 38.2. The molecule has 13 heteroatoms. The van der Waals surface area contributed by atoms with Crippen LogP contribution < -0.4 is 29.2 Å². The van der Waals surface area contributed by atoms with E-state index in [2.05, 4.69) is 42.5 Å². The van der Waals surface area contributed by atoms with Crippen molar-refractivity contribution in [2.24, 2.45) is 5.92 Å². The van der Waals surface area contributed by atoms with E-state index in [0.717, 1.165) is 28.1 Å². The number of aliphatic hydroxyl groups is 1. The molecule has 1 unspecified atom stereocenters. The minimum atomic E-state index is -2.47. The molecule has 67 heavy (non-hydrogen) atoms. The highest BCUT2D eigenvalue weighted by atomic mass is 28.3. The second-order valence-corrected chi connectivity index (χ2v) is 22.8. The number of ether oxygens (including phenoxy) is 4. The molecule has 4 heterocycles. The predicted octanol–water partition coefficient (Wildman–Crippen LogP) is 9.36. The van der Waals surface area contributed by atoms with E-state index in [1.807, 2.05) is 137 Å². The Hall–Kier alpha value is -7.06. The predicted molar refractivity (Wildman–Crippen MR) is 260 cm³/mol. The Balaban J connectivity index is 1.01. The molecule has 0 aliphatic carbocycles. The van der Waals surface area contributed by atoms with Gasteiger partial charge in [0.25, 0.3) is 11.8 Å². The van der Waals surface area contributed by atoms with E-state index in [9.17, 15) is 9.90 Å². The molecule has 5 atom stereocenters. The van der Waals surface area contributed by atoms with E-state index in [4.69, 9.17) is 18.9 Å². The third-order valence-corrected chi connectivity index (χ3v) is 18.5. The lowest BCUT2D eigenvalue weighted by Crippen LogP contribution is -2.51. The molecule has 7 aromatic rings. The molecule has 6 aromatic carbocycles. The smallest absolute Gasteiger partial charge is 0.266 e. The van der Waals surface area contributed by atoms with E-state index in [1.165, 1.54) is 5.19 Å². The summed E-state index contributed by atoms with van der Waals surface area (Å²) < 4.78 is 27.0. The van der Waals surface area contributed by atoms with Crippen LogP contribution in [-0.4, -0.2) is 66.9 Å². The van der Waals surface area contributed by atoms with Gasteiger partial charge in [0.15, 0.2) is 11.4 Å². The number of nitrogens with zero attached hydrogens (tertiary/aromatic N) is 5. The standard InChI is InChI=1S/C54H53N5O7Si/c1-35-51(67(4,5)41-25-22-39(63-2)23-26-41)50(28-29-57-33-45(55-56-57)43(34-60)37-15-7-6-8-16-37)66-54(35)44-31-40(64-3)24-27-46(44)58(53(54)62)32-36-14-13-17-38(30-36)59-47-19-10-12-21-49(47)65-48-20-11-9-18-42(48)52(59)61/h6-27,30-31,33,35,43,50-51,60H,28-29,32,34H2,1-5H3/t35-,43?,50+,51-,54+/m1/s1. The molecule has 12 nitrogen and oxygen atoms in total. The van der Waals surface area contributed by atoms with Crippen molar-refractivity contribution in [3.63, 3.8) is 0 Å². The van der Waals surface area contributed by atoms with Gasteiger partial charge < -0.3 is 29.0 Å². The van der Waals surface area contributed by atoms with E-state index in [1.54, 1.807) is 31.3 Å². The molecule has 1 fully saturated rings. The highest BCUT2D eigenvalue weighted by Crippen LogP contribution is 2.60. The van der Waals surface area contributed by atoms with Crippen LogP contribution in [0.2, 0.25) is 18.6 Å². The number of hydrogen-bond acceptors (Lipinski definition) is 9. The second-order valence-electron chi connectivity index (χ2n) is 18.1. The number of aliphatic hydroxyl groups excluding tert-OH is 1. The van der Waals surface area contributed by atoms with Crippen LogP contribution in [0.15, 0.2) is 152 Å². The van der Waals surface area contributed by atoms with Gasteiger partial charge in [-0.25, -0.2) is 0 Å². The van der Waals surface area contributed by atoms with Gasteiger partial charge in [-0.1, -0.05) is 109 Å². The van der Waals surface area contributed by atoms with Crippen molar-refractivity contribution in [1.82, 2.24) is 15.0 Å². The summed E-state index contributed by atoms with van der Waals surface area (Å²) in [5.41, 5.74) is 4.36. The van der Waals surface area contributed by atoms with Crippen LogP contribution in [0.1, 0.15) is 52.0 Å². The van der Waals surface area contributed by atoms with Gasteiger partial charge in [0.05, 0.1) is 70.1 Å². The number of rotatable bonds is 13. The van der Waals surface area contributed by atoms with E-state index < -0.39 is 13.7 Å². The van der Waals surface area contributed by atoms with Crippen molar-refractivity contribution in [2.45, 2.75) is 62.7 Å². The van der Waals surface area contributed by atoms with Gasteiger partial charge in [-0.05, 0) is 89.8 Å². The Labute approximate surface area is 391 Å². The molecule has 1 saturated heterocycles. The van der Waals surface area contributed by atoms with Crippen molar-refractivity contribution >= 4 is 42.1 Å². The minimum absolute atomic E-state index is 0.0242. The average Bonchev–Trinajstić information content (AvgIpc) is 3.99. The topological polar surface area (TPSA) is 128 Å². The Morgan fingerprint density at radius 3 is 2.27 bits per heavy atom. The maximum Gasteiger partial charge on any atom is 0.266 e. The molecule has 0 radical (unpaired) electrons. The number of anilines is 3. The normalized spacial score (nSPS) is 20.2. The SMILES string of the molecule is COc1ccc([Si](C)(C)[C@H]2[C@H](CCn3cc(C(CO)c4ccccc4)nn3)O[C@@]3(C(=O)N(Cc4cccc(N5C(=O)c6ccccc6Oc6ccccc65)c4)c4ccc(OC)cc43)[C@@H]2C)cc1. The molecule has 10 rings (SSSR count). The van der Waals surface area contributed by atoms with Crippen LogP contribution in [0.5, 0.6) is 23.0 Å². The fourth-order valence-corrected chi connectivity index (χ4v) is 14.8. The molecule has 0 bridgehead atoms. The summed E-state index contributed by atoms with van der Waals surface area (Å²) in [6.45, 7) is 7.52. The van der Waals surface area contributed by atoms with E-state index >= 15 is 4.79 Å². The Morgan fingerprint density at radius 2 is 1.51 bits per heavy atom. The number of benzene rings is 6. The van der Waals surface area contributed by atoms with Gasteiger partial charge in [0, 0.05) is 29.9 Å². The lowest BCUT2D eigenvalue weighted by atomic mass is 9.82. The lowest BCUT2D eigenvalue weighted by Gasteiger charge is -2.37. The highest BCUT2D eigenvalue weighted by molar-refractivity contribution is 6.91. The lowest BCUT2D eigenvalue weighted by molar-refractivity contribution is -0.146. The number of aromatic nitrogens is 3. The Kier molecular flexibility index (Phi) is 11.5. The fraction of sp³-hybridized carbons (Fsp3) is 0.259. The second kappa shape index (κ2) is 17.6. The summed E-state index contributed by atoms with van der Waals surface area (Å²) in [5.74, 6) is 1.54. The zero-order valence-corrected chi connectivity index (χ0v) is 39.2. The van der Waals surface area contributed by atoms with Crippen molar-refractivity contribution < 1.29 is 33.6 Å². The number of carbonyl (C=O) groups excluding carboxylic acids is 2. The zero-order chi connectivity index (χ0) is 46.5. The first-order valence-electron chi connectivity index (χ1n) is 22.7. The number of aryl methyl sites for hydroxylation is 1. The van der Waals surface area contributed by atoms with Crippen LogP contribution >= 0.6 is 0 Å². The Morgan fingerprint density at radius 1 is 0.791 bits per heavy atom. The first-order valence-corrected chi connectivity index (χ1v) is 25.8. The Bertz CT molecular complexity index is 2960. The van der Waals surface area contributed by atoms with Crippen LogP contribution in [0, 0.1) is 5.92 Å². The van der Waals surface area contributed by atoms with Gasteiger partial charge in [0.2, 0.25) is 0 Å². The molecule has 0 saturated carbocycles. The summed E-state index contributed by atoms with van der Waals surface area (Å²) in [4.78, 5) is 33.7. The third-order valence-electron chi connectivity index (χ3n) is 14.1. The van der Waals surface area contributed by atoms with Crippen LogP contribution in [0.25, 0.3) is 0 Å². The van der Waals surface area contributed by atoms with Crippen molar-refractivity contribution in [1.29, 1.82) is 0 Å². The van der Waals surface area contributed by atoms with E-state index in [0.29, 0.717) is 52.8 Å². The van der Waals surface area contributed by atoms with Gasteiger partial charge in [0.1, 0.15) is 17.2 Å². The first kappa shape index (κ1) is 43.8. The summed E-state index contributed by atoms with van der Waals surface area (Å²) in [5, 5.41) is 20.7. The van der Waals surface area contributed by atoms with Crippen molar-refractivity contribution in [2.75, 3.05) is 30.6 Å². The van der Waals surface area contributed by atoms with Gasteiger partial charge in [-0.2, -0.15) is 0 Å². The summed E-state index contributed by atoms with van der Waals surface area (Å²) in [6.07, 6.45) is 2.12. The third kappa shape index (κ3) is 7.56. The fourth-order valence-electron chi connectivity index (χ4n) is 10.8. The van der Waals surface area contributed by atoms with Crippen LogP contribution in [-0.2, 0) is 28.2 Å². The van der Waals surface area contributed by atoms with Gasteiger partial charge in [-0.3, -0.25) is 19.2 Å². The number of fused-ring (bicyclic) bond motifs is 4. The average molecular weight is 912 g/mol. The first-order chi connectivity index (χ1) is 32.5. The van der Waals surface area contributed by atoms with Crippen LogP contribution in [0.4, 0.5) is 17.1 Å². The number of carbonyl (C=O) groups is 2. The molecule has 1 spiro atoms. The largest absolute Gasteiger partial charge is 0.497 e. The summed E-state index contributed by atoms with van der Waals surface area (Å²) in [6, 6.07) is 46.6. The molecule has 2 amide bonds. The monoisotopic (exact) mass is 911 g/mol. The summed E-state index contributed by atoms with van der Waals surface area (Å²) in [7, 11) is 0.833. The highest BCUT2D eigenvalue weighted by Gasteiger charge is 2.66. The van der Waals surface area contributed by atoms with Crippen LogP contribution in [0.3, 0.4) is 0 Å².